The molecule has 1 fully saturated rings. The fourth-order valence-corrected chi connectivity index (χ4v) is 3.66. The van der Waals surface area contributed by atoms with Gasteiger partial charge >= 0.3 is 0 Å². The van der Waals surface area contributed by atoms with Crippen molar-refractivity contribution in [3.05, 3.63) is 51.1 Å². The third kappa shape index (κ3) is 2.61. The SMILES string of the molecule is N#Cc1ccc(Cl)c2oc3cc(N4CCC(C(O)O)C4)ccc3c(=O)c12. The van der Waals surface area contributed by atoms with Crippen molar-refractivity contribution in [2.75, 3.05) is 18.0 Å². The first kappa shape index (κ1) is 16.9. The second kappa shape index (κ2) is 6.29. The number of nitrogens with zero attached hydrogens (tertiary/aromatic N) is 2. The molecule has 3 aromatic rings. The lowest BCUT2D eigenvalue weighted by atomic mass is 10.1. The Balaban J connectivity index is 1.87. The molecule has 6 nitrogen and oxygen atoms in total. The van der Waals surface area contributed by atoms with E-state index in [2.05, 4.69) is 0 Å². The van der Waals surface area contributed by atoms with Crippen LogP contribution in [0.25, 0.3) is 21.9 Å². The molecule has 0 bridgehead atoms. The number of aliphatic hydroxyl groups is 2. The fraction of sp³-hybridized carbons (Fsp3) is 0.263. The molecule has 0 spiro atoms. The molecule has 1 saturated heterocycles. The third-order valence-electron chi connectivity index (χ3n) is 4.89. The number of aliphatic hydroxyl groups excluding tert-OH is 1. The number of rotatable bonds is 2. The monoisotopic (exact) mass is 370 g/mol. The predicted octanol–water partition coefficient (Wildman–Crippen LogP) is 2.61. The Morgan fingerprint density at radius 1 is 1.31 bits per heavy atom. The van der Waals surface area contributed by atoms with E-state index in [1.54, 1.807) is 18.2 Å². The first-order chi connectivity index (χ1) is 12.5. The summed E-state index contributed by atoms with van der Waals surface area (Å²) in [7, 11) is 0. The topological polar surface area (TPSA) is 97.7 Å². The van der Waals surface area contributed by atoms with Crippen LogP contribution < -0.4 is 10.3 Å². The molecular weight excluding hydrogens is 356 g/mol. The number of fused-ring (bicyclic) bond motifs is 2. The van der Waals surface area contributed by atoms with E-state index >= 15 is 0 Å². The summed E-state index contributed by atoms with van der Waals surface area (Å²) in [6.45, 7) is 1.20. The predicted molar refractivity (Wildman–Crippen MR) is 98.3 cm³/mol. The largest absolute Gasteiger partial charge is 0.454 e. The second-order valence-electron chi connectivity index (χ2n) is 6.43. The van der Waals surface area contributed by atoms with Crippen LogP contribution in [0.3, 0.4) is 0 Å². The number of hydrogen-bond acceptors (Lipinski definition) is 6. The molecule has 1 aromatic heterocycles. The zero-order valence-electron chi connectivity index (χ0n) is 13.6. The minimum atomic E-state index is -1.34. The highest BCUT2D eigenvalue weighted by atomic mass is 35.5. The maximum Gasteiger partial charge on any atom is 0.201 e. The summed E-state index contributed by atoms with van der Waals surface area (Å²) in [5, 5.41) is 28.8. The molecule has 2 N–H and O–H groups in total. The van der Waals surface area contributed by atoms with Crippen LogP contribution >= 0.6 is 11.6 Å². The smallest absolute Gasteiger partial charge is 0.201 e. The van der Waals surface area contributed by atoms with Gasteiger partial charge in [0.25, 0.3) is 0 Å². The second-order valence-corrected chi connectivity index (χ2v) is 6.84. The Morgan fingerprint density at radius 3 is 2.81 bits per heavy atom. The molecule has 26 heavy (non-hydrogen) atoms. The summed E-state index contributed by atoms with van der Waals surface area (Å²) in [5.74, 6) is -0.207. The van der Waals surface area contributed by atoms with Gasteiger partial charge in [-0.2, -0.15) is 5.26 Å². The zero-order chi connectivity index (χ0) is 18.4. The highest BCUT2D eigenvalue weighted by Crippen LogP contribution is 2.31. The highest BCUT2D eigenvalue weighted by molar-refractivity contribution is 6.35. The van der Waals surface area contributed by atoms with E-state index in [9.17, 15) is 20.3 Å². The molecule has 1 unspecified atom stereocenters. The first-order valence-electron chi connectivity index (χ1n) is 8.20. The van der Waals surface area contributed by atoms with Crippen molar-refractivity contribution in [1.82, 2.24) is 0 Å². The summed E-state index contributed by atoms with van der Waals surface area (Å²) in [6.07, 6.45) is -0.667. The van der Waals surface area contributed by atoms with E-state index in [-0.39, 0.29) is 32.9 Å². The molecule has 2 heterocycles. The van der Waals surface area contributed by atoms with Crippen LogP contribution in [0.2, 0.25) is 5.02 Å². The molecule has 132 valence electrons. The Morgan fingerprint density at radius 2 is 2.12 bits per heavy atom. The van der Waals surface area contributed by atoms with E-state index in [4.69, 9.17) is 16.0 Å². The molecule has 1 atom stereocenters. The van der Waals surface area contributed by atoms with Gasteiger partial charge in [-0.1, -0.05) is 11.6 Å². The quantitative estimate of drug-likeness (QED) is 0.531. The van der Waals surface area contributed by atoms with Gasteiger partial charge in [-0.05, 0) is 30.7 Å². The van der Waals surface area contributed by atoms with Gasteiger partial charge in [-0.15, -0.1) is 0 Å². The minimum Gasteiger partial charge on any atom is -0.454 e. The van der Waals surface area contributed by atoms with Crippen LogP contribution in [-0.4, -0.2) is 29.6 Å². The lowest BCUT2D eigenvalue weighted by molar-refractivity contribution is -0.0771. The van der Waals surface area contributed by atoms with Crippen LogP contribution in [0.4, 0.5) is 5.69 Å². The molecule has 0 radical (unpaired) electrons. The summed E-state index contributed by atoms with van der Waals surface area (Å²) in [5.41, 5.74) is 1.34. The molecular formula is C19H15ClN2O4. The van der Waals surface area contributed by atoms with E-state index in [1.165, 1.54) is 12.1 Å². The van der Waals surface area contributed by atoms with Crippen LogP contribution in [0, 0.1) is 17.2 Å². The van der Waals surface area contributed by atoms with Crippen molar-refractivity contribution >= 4 is 39.2 Å². The first-order valence-corrected chi connectivity index (χ1v) is 8.57. The number of benzene rings is 2. The third-order valence-corrected chi connectivity index (χ3v) is 5.19. The lowest BCUT2D eigenvalue weighted by Gasteiger charge is -2.19. The number of hydrogen-bond donors (Lipinski definition) is 2. The maximum atomic E-state index is 12.8. The van der Waals surface area contributed by atoms with E-state index < -0.39 is 6.29 Å². The molecule has 0 aliphatic carbocycles. The van der Waals surface area contributed by atoms with E-state index in [0.717, 1.165) is 5.69 Å². The van der Waals surface area contributed by atoms with Crippen LogP contribution in [-0.2, 0) is 0 Å². The average Bonchev–Trinajstić information content (AvgIpc) is 3.13. The average molecular weight is 371 g/mol. The van der Waals surface area contributed by atoms with Crippen LogP contribution in [0.15, 0.2) is 39.5 Å². The Labute approximate surface area is 153 Å². The molecule has 1 aliphatic rings. The van der Waals surface area contributed by atoms with Crippen molar-refractivity contribution in [3.8, 4) is 6.07 Å². The summed E-state index contributed by atoms with van der Waals surface area (Å²) >= 11 is 6.17. The Bertz CT molecular complexity index is 1120. The fourth-order valence-electron chi connectivity index (χ4n) is 3.47. The van der Waals surface area contributed by atoms with Crippen molar-refractivity contribution in [3.63, 3.8) is 0 Å². The molecule has 4 rings (SSSR count). The molecule has 2 aromatic carbocycles. The summed E-state index contributed by atoms with van der Waals surface area (Å²) in [6, 6.07) is 10.3. The van der Waals surface area contributed by atoms with E-state index in [0.29, 0.717) is 30.5 Å². The number of halogens is 1. The zero-order valence-corrected chi connectivity index (χ0v) is 14.4. The van der Waals surface area contributed by atoms with Gasteiger partial charge in [0.2, 0.25) is 5.43 Å². The van der Waals surface area contributed by atoms with Gasteiger partial charge in [-0.3, -0.25) is 4.79 Å². The summed E-state index contributed by atoms with van der Waals surface area (Å²) in [4.78, 5) is 14.9. The van der Waals surface area contributed by atoms with E-state index in [1.807, 2.05) is 11.0 Å². The number of anilines is 1. The minimum absolute atomic E-state index is 0.185. The van der Waals surface area contributed by atoms with Crippen LogP contribution in [0.1, 0.15) is 12.0 Å². The Kier molecular flexibility index (Phi) is 4.08. The standard InChI is InChI=1S/C19H15ClN2O4/c20-14-4-1-10(8-21)16-17(23)13-3-2-12(7-15(13)26-18(14)16)22-6-5-11(9-22)19(24)25/h1-4,7,11,19,24-25H,5-6,9H2. The lowest BCUT2D eigenvalue weighted by Crippen LogP contribution is -2.25. The molecule has 1 aliphatic heterocycles. The molecule has 0 amide bonds. The van der Waals surface area contributed by atoms with Gasteiger partial charge in [0, 0.05) is 30.8 Å². The molecule has 0 saturated carbocycles. The van der Waals surface area contributed by atoms with Crippen molar-refractivity contribution in [2.24, 2.45) is 5.92 Å². The van der Waals surface area contributed by atoms with Gasteiger partial charge in [0.05, 0.1) is 21.4 Å². The highest BCUT2D eigenvalue weighted by Gasteiger charge is 2.27. The van der Waals surface area contributed by atoms with Crippen molar-refractivity contribution in [2.45, 2.75) is 12.7 Å². The summed E-state index contributed by atoms with van der Waals surface area (Å²) < 4.78 is 5.87. The van der Waals surface area contributed by atoms with Gasteiger partial charge in [-0.25, -0.2) is 0 Å². The Hall–Kier alpha value is -2.59. The van der Waals surface area contributed by atoms with Gasteiger partial charge in [0.15, 0.2) is 11.9 Å². The van der Waals surface area contributed by atoms with Crippen molar-refractivity contribution in [1.29, 1.82) is 5.26 Å². The van der Waals surface area contributed by atoms with Gasteiger partial charge < -0.3 is 19.5 Å². The van der Waals surface area contributed by atoms with Crippen molar-refractivity contribution < 1.29 is 14.6 Å². The normalized spacial score (nSPS) is 17.3. The maximum absolute atomic E-state index is 12.8. The van der Waals surface area contributed by atoms with Crippen LogP contribution in [0.5, 0.6) is 0 Å². The number of nitriles is 1. The van der Waals surface area contributed by atoms with Gasteiger partial charge in [0.1, 0.15) is 11.7 Å². The molecule has 7 heteroatoms.